The van der Waals surface area contributed by atoms with Crippen LogP contribution in [0.2, 0.25) is 0 Å². The summed E-state index contributed by atoms with van der Waals surface area (Å²) in [4.78, 5) is 13.1. The Hall–Kier alpha value is -2.99. The van der Waals surface area contributed by atoms with Gasteiger partial charge >= 0.3 is 0 Å². The Balaban J connectivity index is 1.40. The van der Waals surface area contributed by atoms with Crippen LogP contribution in [0, 0.1) is 12.8 Å². The third-order valence-electron chi connectivity index (χ3n) is 5.85. The minimum atomic E-state index is -3.71. The highest BCUT2D eigenvalue weighted by atomic mass is 32.2. The molecule has 178 valence electrons. The van der Waals surface area contributed by atoms with Gasteiger partial charge in [-0.3, -0.25) is 18.8 Å². The highest BCUT2D eigenvalue weighted by Gasteiger charge is 2.35. The van der Waals surface area contributed by atoms with E-state index in [0.29, 0.717) is 43.9 Å². The summed E-state index contributed by atoms with van der Waals surface area (Å²) in [5, 5.41) is 15.7. The van der Waals surface area contributed by atoms with Crippen molar-refractivity contribution in [3.63, 3.8) is 0 Å². The lowest BCUT2D eigenvalue weighted by Crippen LogP contribution is -2.43. The van der Waals surface area contributed by atoms with Gasteiger partial charge in [0.15, 0.2) is 0 Å². The average Bonchev–Trinajstić information content (AvgIpc) is 3.54. The minimum absolute atomic E-state index is 0.148. The Morgan fingerprint density at radius 2 is 1.85 bits per heavy atom. The van der Waals surface area contributed by atoms with Crippen LogP contribution in [0.1, 0.15) is 37.9 Å². The molecule has 0 aromatic carbocycles. The zero-order valence-electron chi connectivity index (χ0n) is 19.2. The number of hydrogen-bond acceptors (Lipinski definition) is 6. The van der Waals surface area contributed by atoms with Crippen molar-refractivity contribution in [3.05, 3.63) is 42.2 Å². The number of carbonyl (C=O) groups is 1. The van der Waals surface area contributed by atoms with E-state index in [9.17, 15) is 13.2 Å². The number of piperidine rings is 1. The predicted octanol–water partition coefficient (Wildman–Crippen LogP) is 1.71. The van der Waals surface area contributed by atoms with Crippen LogP contribution in [0.4, 0.5) is 5.69 Å². The lowest BCUT2D eigenvalue weighted by atomic mass is 9.99. The van der Waals surface area contributed by atoms with E-state index in [1.165, 1.54) is 4.31 Å². The van der Waals surface area contributed by atoms with Gasteiger partial charge in [-0.25, -0.2) is 8.42 Å². The van der Waals surface area contributed by atoms with Crippen LogP contribution >= 0.6 is 0 Å². The maximum absolute atomic E-state index is 13.2. The van der Waals surface area contributed by atoms with E-state index >= 15 is 0 Å². The zero-order valence-corrected chi connectivity index (χ0v) is 20.0. The van der Waals surface area contributed by atoms with Crippen LogP contribution in [0.25, 0.3) is 0 Å². The van der Waals surface area contributed by atoms with E-state index in [4.69, 9.17) is 0 Å². The standard InChI is InChI=1S/C21H30N8O3S/c1-4-26-11-17(9-22-26)12-28-14-19(10-23-28)24-21(30)18-7-6-8-29(13-18)33(31,32)20-15-27(5-2)25-16(20)3/h9-11,14-15,18H,4-8,12-13H2,1-3H3,(H,24,30)/t18-/m1/s1. The molecule has 1 amide bonds. The summed E-state index contributed by atoms with van der Waals surface area (Å²) in [5.41, 5.74) is 2.08. The van der Waals surface area contributed by atoms with Gasteiger partial charge in [0.05, 0.1) is 36.2 Å². The summed E-state index contributed by atoms with van der Waals surface area (Å²) in [6.07, 6.45) is 9.94. The van der Waals surface area contributed by atoms with Gasteiger partial charge in [0.2, 0.25) is 15.9 Å². The fourth-order valence-electron chi connectivity index (χ4n) is 4.04. The largest absolute Gasteiger partial charge is 0.323 e. The first-order valence-corrected chi connectivity index (χ1v) is 12.6. The molecule has 1 aliphatic rings. The maximum atomic E-state index is 13.2. The van der Waals surface area contributed by atoms with Crippen LogP contribution in [0.3, 0.4) is 0 Å². The molecule has 0 saturated carbocycles. The summed E-state index contributed by atoms with van der Waals surface area (Å²) >= 11 is 0. The zero-order chi connectivity index (χ0) is 23.6. The predicted molar refractivity (Wildman–Crippen MR) is 122 cm³/mol. The molecular formula is C21H30N8O3S. The molecule has 4 heterocycles. The second-order valence-corrected chi connectivity index (χ2v) is 10.2. The number of carbonyl (C=O) groups excluding carboxylic acids is 1. The summed E-state index contributed by atoms with van der Waals surface area (Å²) in [5.74, 6) is -0.629. The number of aryl methyl sites for hydroxylation is 3. The number of anilines is 1. The van der Waals surface area contributed by atoms with Gasteiger partial charge in [-0.15, -0.1) is 0 Å². The molecule has 1 atom stereocenters. The van der Waals surface area contributed by atoms with Crippen molar-refractivity contribution in [2.75, 3.05) is 18.4 Å². The highest BCUT2D eigenvalue weighted by Crippen LogP contribution is 2.26. The smallest absolute Gasteiger partial charge is 0.246 e. The number of sulfonamides is 1. The van der Waals surface area contributed by atoms with Crippen LogP contribution in [0.5, 0.6) is 0 Å². The van der Waals surface area contributed by atoms with E-state index in [1.807, 2.05) is 24.7 Å². The maximum Gasteiger partial charge on any atom is 0.246 e. The van der Waals surface area contributed by atoms with Gasteiger partial charge in [0.25, 0.3) is 0 Å². The quantitative estimate of drug-likeness (QED) is 0.531. The lowest BCUT2D eigenvalue weighted by molar-refractivity contribution is -0.120. The number of rotatable bonds is 8. The summed E-state index contributed by atoms with van der Waals surface area (Å²) < 4.78 is 33.0. The first-order chi connectivity index (χ1) is 15.8. The van der Waals surface area contributed by atoms with Crippen LogP contribution in [-0.2, 0) is 34.5 Å². The monoisotopic (exact) mass is 474 g/mol. The van der Waals surface area contributed by atoms with E-state index in [-0.39, 0.29) is 17.3 Å². The molecule has 3 aromatic rings. The molecule has 1 fully saturated rings. The van der Waals surface area contributed by atoms with Crippen molar-refractivity contribution < 1.29 is 13.2 Å². The molecule has 0 bridgehead atoms. The van der Waals surface area contributed by atoms with Gasteiger partial charge in [-0.1, -0.05) is 0 Å². The topological polar surface area (TPSA) is 120 Å². The molecule has 0 unspecified atom stereocenters. The Morgan fingerprint density at radius 1 is 1.09 bits per heavy atom. The lowest BCUT2D eigenvalue weighted by Gasteiger charge is -2.30. The van der Waals surface area contributed by atoms with E-state index < -0.39 is 15.9 Å². The molecule has 0 radical (unpaired) electrons. The molecule has 3 aromatic heterocycles. The SMILES string of the molecule is CCn1cc(Cn2cc(NC(=O)[C@@H]3CCCN(S(=O)(=O)c4cn(CC)nc4C)C3)cn2)cn1. The molecule has 0 aliphatic carbocycles. The second kappa shape index (κ2) is 9.48. The third kappa shape index (κ3) is 5.01. The van der Waals surface area contributed by atoms with Crippen LogP contribution < -0.4 is 5.32 Å². The number of hydrogen-bond donors (Lipinski definition) is 1. The molecule has 0 spiro atoms. The fraction of sp³-hybridized carbons (Fsp3) is 0.524. The third-order valence-corrected chi connectivity index (χ3v) is 7.82. The molecule has 1 N–H and O–H groups in total. The molecule has 33 heavy (non-hydrogen) atoms. The van der Waals surface area contributed by atoms with E-state index in [1.54, 1.807) is 41.1 Å². The number of amides is 1. The number of nitrogens with one attached hydrogen (secondary N) is 1. The van der Waals surface area contributed by atoms with E-state index in [0.717, 1.165) is 12.1 Å². The van der Waals surface area contributed by atoms with Gasteiger partial charge in [0, 0.05) is 50.3 Å². The Kier molecular flexibility index (Phi) is 6.66. The van der Waals surface area contributed by atoms with Gasteiger partial charge in [-0.05, 0) is 33.6 Å². The van der Waals surface area contributed by atoms with Crippen molar-refractivity contribution >= 4 is 21.6 Å². The van der Waals surface area contributed by atoms with Crippen LogP contribution in [-0.4, -0.2) is 61.1 Å². The molecule has 12 heteroatoms. The number of aromatic nitrogens is 6. The van der Waals surface area contributed by atoms with Crippen molar-refractivity contribution in [3.8, 4) is 0 Å². The minimum Gasteiger partial charge on any atom is -0.323 e. The average molecular weight is 475 g/mol. The second-order valence-electron chi connectivity index (χ2n) is 8.26. The van der Waals surface area contributed by atoms with Crippen molar-refractivity contribution in [1.29, 1.82) is 0 Å². The van der Waals surface area contributed by atoms with Crippen molar-refractivity contribution in [2.24, 2.45) is 5.92 Å². The summed E-state index contributed by atoms with van der Waals surface area (Å²) in [7, 11) is -3.71. The fourth-order valence-corrected chi connectivity index (χ4v) is 5.73. The van der Waals surface area contributed by atoms with Crippen molar-refractivity contribution in [2.45, 2.75) is 58.1 Å². The van der Waals surface area contributed by atoms with E-state index in [2.05, 4.69) is 20.6 Å². The van der Waals surface area contributed by atoms with Gasteiger partial charge in [0.1, 0.15) is 4.90 Å². The highest BCUT2D eigenvalue weighted by molar-refractivity contribution is 7.89. The van der Waals surface area contributed by atoms with Crippen LogP contribution in [0.15, 0.2) is 35.9 Å². The van der Waals surface area contributed by atoms with Gasteiger partial charge in [-0.2, -0.15) is 19.6 Å². The number of nitrogens with zero attached hydrogens (tertiary/aromatic N) is 7. The first kappa shape index (κ1) is 23.2. The normalized spacial score (nSPS) is 17.4. The van der Waals surface area contributed by atoms with Crippen molar-refractivity contribution in [1.82, 2.24) is 33.6 Å². The summed E-state index contributed by atoms with van der Waals surface area (Å²) in [6, 6.07) is 0. The molecule has 4 rings (SSSR count). The Labute approximate surface area is 193 Å². The Bertz CT molecular complexity index is 1230. The molecular weight excluding hydrogens is 444 g/mol. The Morgan fingerprint density at radius 3 is 2.55 bits per heavy atom. The first-order valence-electron chi connectivity index (χ1n) is 11.2. The molecule has 11 nitrogen and oxygen atoms in total. The molecule has 1 saturated heterocycles. The van der Waals surface area contributed by atoms with Gasteiger partial charge < -0.3 is 5.32 Å². The summed E-state index contributed by atoms with van der Waals surface area (Å²) in [6.45, 7) is 8.11. The molecule has 1 aliphatic heterocycles.